The monoisotopic (exact) mass is 469 g/mol. The maximum atomic E-state index is 12.9. The quantitative estimate of drug-likeness (QED) is 0.349. The maximum absolute atomic E-state index is 12.9. The Balaban J connectivity index is 1.64. The third-order valence-electron chi connectivity index (χ3n) is 6.19. The normalized spacial score (nSPS) is 17.6. The molecule has 2 aromatic carbocycles. The van der Waals surface area contributed by atoms with E-state index in [2.05, 4.69) is 29.2 Å². The van der Waals surface area contributed by atoms with Gasteiger partial charge in [0.1, 0.15) is 19.0 Å². The first-order chi connectivity index (χ1) is 16.5. The van der Waals surface area contributed by atoms with Gasteiger partial charge in [-0.3, -0.25) is 9.59 Å². The number of nitrogens with zero attached hydrogens (tertiary/aromatic N) is 1. The molecule has 0 aromatic heterocycles. The standard InChI is InChI=1S/C27H35NO6/c1-20-8-10-21(11-9-20)28(22-12-14-23(32-3)15-13-22)16-17-33-26(29)24-6-4-5-7-25(24)27(30)34-19-18-31-2/h8-15,24-25H,4-7,16-19H2,1-3H3. The van der Waals surface area contributed by atoms with Gasteiger partial charge >= 0.3 is 11.9 Å². The van der Waals surface area contributed by atoms with Gasteiger partial charge in [0.05, 0.1) is 32.1 Å². The zero-order chi connectivity index (χ0) is 24.3. The third kappa shape index (κ3) is 6.97. The van der Waals surface area contributed by atoms with Crippen LogP contribution in [0.5, 0.6) is 5.75 Å². The fraction of sp³-hybridized carbons (Fsp3) is 0.481. The van der Waals surface area contributed by atoms with E-state index in [0.717, 1.165) is 30.0 Å². The number of benzene rings is 2. The molecule has 0 radical (unpaired) electrons. The summed E-state index contributed by atoms with van der Waals surface area (Å²) in [5.41, 5.74) is 3.15. The summed E-state index contributed by atoms with van der Waals surface area (Å²) in [6.07, 6.45) is 3.10. The molecule has 0 heterocycles. The fourth-order valence-corrected chi connectivity index (χ4v) is 4.27. The molecule has 1 aliphatic rings. The Kier molecular flexibility index (Phi) is 9.76. The third-order valence-corrected chi connectivity index (χ3v) is 6.19. The summed E-state index contributed by atoms with van der Waals surface area (Å²) >= 11 is 0. The number of carbonyl (C=O) groups excluding carboxylic acids is 2. The molecule has 0 N–H and O–H groups in total. The maximum Gasteiger partial charge on any atom is 0.309 e. The van der Waals surface area contributed by atoms with Crippen molar-refractivity contribution in [3.05, 3.63) is 54.1 Å². The molecule has 184 valence electrons. The highest BCUT2D eigenvalue weighted by Gasteiger charge is 2.37. The summed E-state index contributed by atoms with van der Waals surface area (Å²) in [4.78, 5) is 27.6. The van der Waals surface area contributed by atoms with Crippen molar-refractivity contribution in [1.29, 1.82) is 0 Å². The van der Waals surface area contributed by atoms with Crippen LogP contribution < -0.4 is 9.64 Å². The van der Waals surface area contributed by atoms with E-state index in [9.17, 15) is 9.59 Å². The smallest absolute Gasteiger partial charge is 0.309 e. The zero-order valence-corrected chi connectivity index (χ0v) is 20.3. The van der Waals surface area contributed by atoms with Crippen molar-refractivity contribution in [3.8, 4) is 5.75 Å². The number of hydrogen-bond donors (Lipinski definition) is 0. The van der Waals surface area contributed by atoms with E-state index in [1.807, 2.05) is 31.2 Å². The lowest BCUT2D eigenvalue weighted by molar-refractivity contribution is -0.163. The fourth-order valence-electron chi connectivity index (χ4n) is 4.27. The van der Waals surface area contributed by atoms with E-state index >= 15 is 0 Å². The van der Waals surface area contributed by atoms with E-state index in [0.29, 0.717) is 26.0 Å². The van der Waals surface area contributed by atoms with Crippen LogP contribution >= 0.6 is 0 Å². The lowest BCUT2D eigenvalue weighted by Gasteiger charge is -2.29. The molecular formula is C27H35NO6. The molecule has 34 heavy (non-hydrogen) atoms. The topological polar surface area (TPSA) is 74.3 Å². The van der Waals surface area contributed by atoms with Gasteiger partial charge in [-0.05, 0) is 56.2 Å². The zero-order valence-electron chi connectivity index (χ0n) is 20.3. The number of ether oxygens (including phenoxy) is 4. The van der Waals surface area contributed by atoms with Crippen LogP contribution in [0.4, 0.5) is 11.4 Å². The molecule has 1 fully saturated rings. The largest absolute Gasteiger partial charge is 0.497 e. The van der Waals surface area contributed by atoms with Crippen molar-refractivity contribution >= 4 is 23.3 Å². The molecule has 0 spiro atoms. The Bertz CT molecular complexity index is 912. The van der Waals surface area contributed by atoms with Crippen molar-refractivity contribution in [2.45, 2.75) is 32.6 Å². The van der Waals surface area contributed by atoms with Gasteiger partial charge < -0.3 is 23.8 Å². The molecule has 0 saturated heterocycles. The van der Waals surface area contributed by atoms with Crippen LogP contribution in [0.1, 0.15) is 31.2 Å². The van der Waals surface area contributed by atoms with Crippen LogP contribution in [0, 0.1) is 18.8 Å². The molecule has 0 bridgehead atoms. The van der Waals surface area contributed by atoms with Crippen molar-refractivity contribution in [2.75, 3.05) is 45.5 Å². The highest BCUT2D eigenvalue weighted by Crippen LogP contribution is 2.32. The second kappa shape index (κ2) is 13.0. The molecule has 3 rings (SSSR count). The van der Waals surface area contributed by atoms with Gasteiger partial charge in [-0.25, -0.2) is 0 Å². The molecule has 7 heteroatoms. The highest BCUT2D eigenvalue weighted by molar-refractivity contribution is 5.82. The number of rotatable bonds is 11. The minimum atomic E-state index is -0.461. The average Bonchev–Trinajstić information content (AvgIpc) is 2.87. The van der Waals surface area contributed by atoms with Crippen molar-refractivity contribution in [2.24, 2.45) is 11.8 Å². The van der Waals surface area contributed by atoms with E-state index in [1.54, 1.807) is 14.2 Å². The molecule has 0 aliphatic heterocycles. The number of esters is 2. The number of anilines is 2. The number of carbonyl (C=O) groups is 2. The van der Waals surface area contributed by atoms with Gasteiger partial charge in [0.2, 0.25) is 0 Å². The van der Waals surface area contributed by atoms with Gasteiger partial charge in [-0.1, -0.05) is 30.5 Å². The van der Waals surface area contributed by atoms with E-state index in [4.69, 9.17) is 18.9 Å². The van der Waals surface area contributed by atoms with Crippen LogP contribution in [0.2, 0.25) is 0 Å². The first-order valence-electron chi connectivity index (χ1n) is 11.8. The Labute approximate surface area is 201 Å². The average molecular weight is 470 g/mol. The number of aryl methyl sites for hydroxylation is 1. The van der Waals surface area contributed by atoms with Crippen LogP contribution in [0.25, 0.3) is 0 Å². The lowest BCUT2D eigenvalue weighted by Crippen LogP contribution is -2.36. The predicted molar refractivity (Wildman–Crippen MR) is 130 cm³/mol. The van der Waals surface area contributed by atoms with E-state index in [-0.39, 0.29) is 25.2 Å². The number of methoxy groups -OCH3 is 2. The Hall–Kier alpha value is -3.06. The Morgan fingerprint density at radius 2 is 1.32 bits per heavy atom. The molecule has 2 atom stereocenters. The van der Waals surface area contributed by atoms with Gasteiger partial charge in [-0.15, -0.1) is 0 Å². The van der Waals surface area contributed by atoms with Gasteiger partial charge in [0.15, 0.2) is 0 Å². The molecule has 0 amide bonds. The Morgan fingerprint density at radius 1 is 0.794 bits per heavy atom. The summed E-state index contributed by atoms with van der Waals surface area (Å²) < 4.78 is 21.2. The minimum absolute atomic E-state index is 0.195. The summed E-state index contributed by atoms with van der Waals surface area (Å²) in [5.74, 6) is -0.796. The first kappa shape index (κ1) is 25.6. The van der Waals surface area contributed by atoms with Crippen LogP contribution in [0.15, 0.2) is 48.5 Å². The number of hydrogen-bond acceptors (Lipinski definition) is 7. The molecule has 1 saturated carbocycles. The summed E-state index contributed by atoms with van der Waals surface area (Å²) in [5, 5.41) is 0. The lowest BCUT2D eigenvalue weighted by atomic mass is 9.79. The summed E-state index contributed by atoms with van der Waals surface area (Å²) in [6.45, 7) is 3.27. The molecule has 2 unspecified atom stereocenters. The first-order valence-corrected chi connectivity index (χ1v) is 11.8. The highest BCUT2D eigenvalue weighted by atomic mass is 16.6. The van der Waals surface area contributed by atoms with Gasteiger partial charge in [0, 0.05) is 18.5 Å². The van der Waals surface area contributed by atoms with Crippen LogP contribution in [0.3, 0.4) is 0 Å². The minimum Gasteiger partial charge on any atom is -0.497 e. The van der Waals surface area contributed by atoms with Crippen molar-refractivity contribution in [3.63, 3.8) is 0 Å². The molecule has 1 aliphatic carbocycles. The predicted octanol–water partition coefficient (Wildman–Crippen LogP) is 4.68. The van der Waals surface area contributed by atoms with E-state index in [1.165, 1.54) is 5.56 Å². The molecule has 2 aromatic rings. The SMILES string of the molecule is COCCOC(=O)C1CCCCC1C(=O)OCCN(c1ccc(C)cc1)c1ccc(OC)cc1. The van der Waals surface area contributed by atoms with Crippen molar-refractivity contribution in [1.82, 2.24) is 0 Å². The van der Waals surface area contributed by atoms with Crippen LogP contribution in [-0.2, 0) is 23.8 Å². The van der Waals surface area contributed by atoms with Gasteiger partial charge in [0.25, 0.3) is 0 Å². The summed E-state index contributed by atoms with van der Waals surface area (Å²) in [7, 11) is 3.19. The Morgan fingerprint density at radius 3 is 1.85 bits per heavy atom. The van der Waals surface area contributed by atoms with E-state index < -0.39 is 11.8 Å². The van der Waals surface area contributed by atoms with Gasteiger partial charge in [-0.2, -0.15) is 0 Å². The summed E-state index contributed by atoms with van der Waals surface area (Å²) in [6, 6.07) is 16.0. The molecule has 7 nitrogen and oxygen atoms in total. The second-order valence-corrected chi connectivity index (χ2v) is 8.51. The second-order valence-electron chi connectivity index (χ2n) is 8.51. The molecular weight excluding hydrogens is 434 g/mol. The van der Waals surface area contributed by atoms with Crippen molar-refractivity contribution < 1.29 is 28.5 Å². The van der Waals surface area contributed by atoms with Crippen LogP contribution in [-0.4, -0.2) is 52.5 Å².